The van der Waals surface area contributed by atoms with Crippen molar-refractivity contribution in [2.75, 3.05) is 0 Å². The quantitative estimate of drug-likeness (QED) is 0.848. The third kappa shape index (κ3) is 2.68. The Morgan fingerprint density at radius 1 is 1.29 bits per heavy atom. The normalized spacial score (nSPS) is 31.2. The Labute approximate surface area is 105 Å². The summed E-state index contributed by atoms with van der Waals surface area (Å²) >= 11 is 0. The third-order valence-corrected chi connectivity index (χ3v) is 4.57. The lowest BCUT2D eigenvalue weighted by Gasteiger charge is -2.35. The fraction of sp³-hybridized carbons (Fsp3) is 0.667. The molecule has 4 atom stereocenters. The molecule has 1 aliphatic rings. The summed E-state index contributed by atoms with van der Waals surface area (Å²) in [6.07, 6.45) is 7.64. The molecule has 2 rings (SSSR count). The SMILES string of the molecule is Cc1cnccc1C(N)C1CCC(C)C(C)C1. The zero-order valence-corrected chi connectivity index (χ0v) is 11.2. The number of aryl methyl sites for hydroxylation is 1. The molecule has 17 heavy (non-hydrogen) atoms. The monoisotopic (exact) mass is 232 g/mol. The van der Waals surface area contributed by atoms with Crippen LogP contribution < -0.4 is 5.73 Å². The van der Waals surface area contributed by atoms with Gasteiger partial charge in [0.15, 0.2) is 0 Å². The van der Waals surface area contributed by atoms with Gasteiger partial charge in [-0.3, -0.25) is 4.98 Å². The van der Waals surface area contributed by atoms with Crippen molar-refractivity contribution in [3.63, 3.8) is 0 Å². The van der Waals surface area contributed by atoms with Crippen LogP contribution in [0, 0.1) is 24.7 Å². The van der Waals surface area contributed by atoms with E-state index in [1.54, 1.807) is 0 Å². The maximum atomic E-state index is 6.45. The first-order chi connectivity index (χ1) is 8.09. The van der Waals surface area contributed by atoms with Crippen LogP contribution in [0.4, 0.5) is 0 Å². The number of pyridine rings is 1. The van der Waals surface area contributed by atoms with Crippen molar-refractivity contribution in [3.05, 3.63) is 29.6 Å². The minimum absolute atomic E-state index is 0.188. The smallest absolute Gasteiger partial charge is 0.0327 e. The number of hydrogen-bond acceptors (Lipinski definition) is 2. The van der Waals surface area contributed by atoms with E-state index in [4.69, 9.17) is 5.73 Å². The van der Waals surface area contributed by atoms with Gasteiger partial charge in [-0.05, 0) is 54.7 Å². The van der Waals surface area contributed by atoms with Crippen LogP contribution in [0.3, 0.4) is 0 Å². The molecular formula is C15H24N2. The minimum Gasteiger partial charge on any atom is -0.324 e. The molecule has 2 heteroatoms. The molecule has 1 saturated carbocycles. The second kappa shape index (κ2) is 5.18. The summed E-state index contributed by atoms with van der Waals surface area (Å²) in [7, 11) is 0. The van der Waals surface area contributed by atoms with Crippen LogP contribution in [0.1, 0.15) is 50.3 Å². The Bertz CT molecular complexity index is 375. The van der Waals surface area contributed by atoms with Crippen LogP contribution in [-0.2, 0) is 0 Å². The number of hydrogen-bond donors (Lipinski definition) is 1. The molecule has 0 aromatic carbocycles. The number of nitrogens with zero attached hydrogens (tertiary/aromatic N) is 1. The van der Waals surface area contributed by atoms with Gasteiger partial charge in [-0.1, -0.05) is 20.3 Å². The molecular weight excluding hydrogens is 208 g/mol. The van der Waals surface area contributed by atoms with Crippen molar-refractivity contribution in [1.82, 2.24) is 4.98 Å². The second-order valence-corrected chi connectivity index (χ2v) is 5.79. The van der Waals surface area contributed by atoms with E-state index in [0.29, 0.717) is 5.92 Å². The Morgan fingerprint density at radius 3 is 2.71 bits per heavy atom. The molecule has 2 nitrogen and oxygen atoms in total. The van der Waals surface area contributed by atoms with Crippen LogP contribution in [0.15, 0.2) is 18.5 Å². The van der Waals surface area contributed by atoms with E-state index in [-0.39, 0.29) is 6.04 Å². The molecule has 1 aromatic rings. The van der Waals surface area contributed by atoms with Crippen molar-refractivity contribution in [1.29, 1.82) is 0 Å². The highest BCUT2D eigenvalue weighted by atomic mass is 14.7. The fourth-order valence-electron chi connectivity index (χ4n) is 3.03. The van der Waals surface area contributed by atoms with Crippen LogP contribution in [0.25, 0.3) is 0 Å². The molecule has 0 saturated heterocycles. The van der Waals surface area contributed by atoms with Gasteiger partial charge >= 0.3 is 0 Å². The summed E-state index contributed by atoms with van der Waals surface area (Å²) in [5, 5.41) is 0. The van der Waals surface area contributed by atoms with E-state index in [2.05, 4.69) is 31.8 Å². The molecule has 94 valence electrons. The predicted molar refractivity (Wildman–Crippen MR) is 71.6 cm³/mol. The first-order valence-electron chi connectivity index (χ1n) is 6.75. The van der Waals surface area contributed by atoms with E-state index >= 15 is 0 Å². The summed E-state index contributed by atoms with van der Waals surface area (Å²) in [6, 6.07) is 2.27. The Hall–Kier alpha value is -0.890. The van der Waals surface area contributed by atoms with Gasteiger partial charge in [0.25, 0.3) is 0 Å². The summed E-state index contributed by atoms with van der Waals surface area (Å²) in [5.74, 6) is 2.31. The summed E-state index contributed by atoms with van der Waals surface area (Å²) in [5.41, 5.74) is 8.96. The van der Waals surface area contributed by atoms with Crippen LogP contribution in [0.5, 0.6) is 0 Å². The minimum atomic E-state index is 0.188. The maximum Gasteiger partial charge on any atom is 0.0327 e. The first kappa shape index (κ1) is 12.6. The van der Waals surface area contributed by atoms with Crippen molar-refractivity contribution in [2.24, 2.45) is 23.5 Å². The Balaban J connectivity index is 2.10. The molecule has 1 aliphatic carbocycles. The number of rotatable bonds is 2. The van der Waals surface area contributed by atoms with Crippen molar-refractivity contribution < 1.29 is 0 Å². The van der Waals surface area contributed by atoms with Gasteiger partial charge < -0.3 is 5.73 Å². The summed E-state index contributed by atoms with van der Waals surface area (Å²) in [4.78, 5) is 4.14. The number of aromatic nitrogens is 1. The molecule has 2 N–H and O–H groups in total. The van der Waals surface area contributed by atoms with Gasteiger partial charge in [-0.25, -0.2) is 0 Å². The highest BCUT2D eigenvalue weighted by Crippen LogP contribution is 2.39. The van der Waals surface area contributed by atoms with E-state index in [1.165, 1.54) is 30.4 Å². The van der Waals surface area contributed by atoms with Gasteiger partial charge in [-0.15, -0.1) is 0 Å². The molecule has 1 aromatic heterocycles. The molecule has 1 fully saturated rings. The average Bonchev–Trinajstić information content (AvgIpc) is 2.32. The second-order valence-electron chi connectivity index (χ2n) is 5.79. The molecule has 0 aliphatic heterocycles. The van der Waals surface area contributed by atoms with Crippen molar-refractivity contribution >= 4 is 0 Å². The zero-order chi connectivity index (χ0) is 12.4. The predicted octanol–water partition coefficient (Wildman–Crippen LogP) is 3.46. The molecule has 4 unspecified atom stereocenters. The van der Waals surface area contributed by atoms with Crippen molar-refractivity contribution in [3.8, 4) is 0 Å². The van der Waals surface area contributed by atoms with E-state index in [9.17, 15) is 0 Å². The molecule has 0 bridgehead atoms. The highest BCUT2D eigenvalue weighted by Gasteiger charge is 2.29. The standard InChI is InChI=1S/C15H24N2/c1-10-4-5-13(8-11(10)2)15(16)14-6-7-17-9-12(14)3/h6-7,9-11,13,15H,4-5,8,16H2,1-3H3. The maximum absolute atomic E-state index is 6.45. The van der Waals surface area contributed by atoms with Gasteiger partial charge in [0.05, 0.1) is 0 Å². The summed E-state index contributed by atoms with van der Waals surface area (Å²) < 4.78 is 0. The van der Waals surface area contributed by atoms with Crippen LogP contribution >= 0.6 is 0 Å². The molecule has 0 spiro atoms. The first-order valence-corrected chi connectivity index (χ1v) is 6.75. The Kier molecular flexibility index (Phi) is 3.82. The molecule has 0 radical (unpaired) electrons. The average molecular weight is 232 g/mol. The fourth-order valence-corrected chi connectivity index (χ4v) is 3.03. The largest absolute Gasteiger partial charge is 0.324 e. The van der Waals surface area contributed by atoms with Crippen LogP contribution in [0.2, 0.25) is 0 Å². The van der Waals surface area contributed by atoms with Gasteiger partial charge in [0, 0.05) is 18.4 Å². The van der Waals surface area contributed by atoms with Gasteiger partial charge in [0.1, 0.15) is 0 Å². The molecule has 1 heterocycles. The Morgan fingerprint density at radius 2 is 2.06 bits per heavy atom. The van der Waals surface area contributed by atoms with E-state index < -0.39 is 0 Å². The van der Waals surface area contributed by atoms with E-state index in [0.717, 1.165) is 11.8 Å². The lowest BCUT2D eigenvalue weighted by Crippen LogP contribution is -2.29. The topological polar surface area (TPSA) is 38.9 Å². The van der Waals surface area contributed by atoms with Gasteiger partial charge in [-0.2, -0.15) is 0 Å². The van der Waals surface area contributed by atoms with Crippen LogP contribution in [-0.4, -0.2) is 4.98 Å². The van der Waals surface area contributed by atoms with Gasteiger partial charge in [0.2, 0.25) is 0 Å². The third-order valence-electron chi connectivity index (χ3n) is 4.57. The summed E-state index contributed by atoms with van der Waals surface area (Å²) in [6.45, 7) is 6.84. The lowest BCUT2D eigenvalue weighted by molar-refractivity contribution is 0.186. The van der Waals surface area contributed by atoms with Crippen molar-refractivity contribution in [2.45, 2.75) is 46.1 Å². The number of nitrogens with two attached hydrogens (primary N) is 1. The lowest BCUT2D eigenvalue weighted by atomic mass is 9.72. The highest BCUT2D eigenvalue weighted by molar-refractivity contribution is 5.25. The zero-order valence-electron chi connectivity index (χ0n) is 11.2. The van der Waals surface area contributed by atoms with E-state index in [1.807, 2.05) is 12.4 Å². The molecule has 0 amide bonds.